The van der Waals surface area contributed by atoms with E-state index in [2.05, 4.69) is 35.5 Å². The smallest absolute Gasteiger partial charge is 0.408 e. The molecule has 0 bridgehead atoms. The highest BCUT2D eigenvalue weighted by Gasteiger charge is 2.39. The Balaban J connectivity index is 1.24. The van der Waals surface area contributed by atoms with Gasteiger partial charge in [0.15, 0.2) is 5.58 Å². The summed E-state index contributed by atoms with van der Waals surface area (Å²) in [6, 6.07) is 6.38. The van der Waals surface area contributed by atoms with Crippen LogP contribution in [0.15, 0.2) is 45.9 Å². The average Bonchev–Trinajstić information content (AvgIpc) is 3.50. The van der Waals surface area contributed by atoms with E-state index in [1.807, 2.05) is 0 Å². The Hall–Kier alpha value is -4.13. The lowest BCUT2D eigenvalue weighted by Gasteiger charge is -2.39. The number of fused-ring (bicyclic) bond motifs is 2. The minimum Gasteiger partial charge on any atom is -0.408 e. The van der Waals surface area contributed by atoms with Crippen molar-refractivity contribution < 1.29 is 17.6 Å². The molecule has 2 aliphatic heterocycles. The topological polar surface area (TPSA) is 115 Å². The second-order valence-electron chi connectivity index (χ2n) is 9.57. The number of nitrogens with zero attached hydrogens (tertiary/aromatic N) is 5. The number of rotatable bonds is 5. The van der Waals surface area contributed by atoms with Crippen LogP contribution in [0.2, 0.25) is 0 Å². The van der Waals surface area contributed by atoms with Gasteiger partial charge in [0.25, 0.3) is 0 Å². The largest absolute Gasteiger partial charge is 0.420 e. The quantitative estimate of drug-likeness (QED) is 0.348. The zero-order valence-corrected chi connectivity index (χ0v) is 20.5. The predicted octanol–water partition coefficient (Wildman–Crippen LogP) is 4.40. The number of H-pyrrole nitrogens is 1. The van der Waals surface area contributed by atoms with Crippen LogP contribution < -0.4 is 21.3 Å². The van der Waals surface area contributed by atoms with Crippen LogP contribution in [0.4, 0.5) is 42.1 Å². The number of piperazine rings is 1. The second kappa shape index (κ2) is 9.31. The molecule has 4 aromatic rings. The third kappa shape index (κ3) is 4.76. The molecule has 3 aromatic heterocycles. The zero-order chi connectivity index (χ0) is 26.4. The molecule has 2 aliphatic rings. The molecule has 0 amide bonds. The first-order valence-corrected chi connectivity index (χ1v) is 12.3. The van der Waals surface area contributed by atoms with Crippen LogP contribution in [-0.2, 0) is 6.18 Å². The van der Waals surface area contributed by atoms with Gasteiger partial charge >= 0.3 is 11.9 Å². The molecule has 5 heterocycles. The van der Waals surface area contributed by atoms with Gasteiger partial charge in [-0.15, -0.1) is 0 Å². The summed E-state index contributed by atoms with van der Waals surface area (Å²) < 4.78 is 47.3. The molecule has 2 fully saturated rings. The molecular formula is C25H25F3N8O2. The predicted molar refractivity (Wildman–Crippen MR) is 136 cm³/mol. The molecule has 13 heteroatoms. The van der Waals surface area contributed by atoms with Gasteiger partial charge in [0.2, 0.25) is 5.95 Å². The van der Waals surface area contributed by atoms with Crippen molar-refractivity contribution in [2.45, 2.75) is 32.0 Å². The van der Waals surface area contributed by atoms with Crippen molar-refractivity contribution in [3.05, 3.63) is 58.3 Å². The molecular weight excluding hydrogens is 501 g/mol. The highest BCUT2D eigenvalue weighted by atomic mass is 19.4. The number of pyridine rings is 1. The molecule has 1 aromatic carbocycles. The number of alkyl halides is 3. The minimum absolute atomic E-state index is 0.0468. The maximum Gasteiger partial charge on any atom is 0.420 e. The summed E-state index contributed by atoms with van der Waals surface area (Å²) in [6.07, 6.45) is 0.438. The van der Waals surface area contributed by atoms with Crippen molar-refractivity contribution in [2.24, 2.45) is 0 Å². The molecule has 0 radical (unpaired) electrons. The zero-order valence-electron chi connectivity index (χ0n) is 20.5. The number of aromatic amines is 1. The van der Waals surface area contributed by atoms with Gasteiger partial charge < -0.3 is 20.0 Å². The Bertz CT molecular complexity index is 1550. The molecule has 3 N–H and O–H groups in total. The van der Waals surface area contributed by atoms with Gasteiger partial charge in [-0.25, -0.2) is 14.8 Å². The fourth-order valence-corrected chi connectivity index (χ4v) is 5.09. The SMILES string of the molecule is Cc1cnc(Nc2cnc(N3CCN4CCC[C@H]4C3)c(C(F)(F)F)c2)nc1Nc1ccc2oc(=O)[nH]c2c1. The number of aromatic nitrogens is 4. The Labute approximate surface area is 214 Å². The standard InChI is InChI=1S/C25H25F3N8O2/c1-14-11-30-23(34-21(14)31-15-4-5-20-19(10-15)33-24(37)38-20)32-16-9-18(25(26,27)28)22(29-12-16)36-8-7-35-6-2-3-17(35)13-36/h4-5,9-12,17H,2-3,6-8,13H2,1H3,(H,33,37)(H2,30,31,32,34)/t17-/m0/s1. The molecule has 2 saturated heterocycles. The van der Waals surface area contributed by atoms with Crippen molar-refractivity contribution in [1.29, 1.82) is 0 Å². The van der Waals surface area contributed by atoms with Gasteiger partial charge in [0, 0.05) is 43.1 Å². The minimum atomic E-state index is -4.57. The van der Waals surface area contributed by atoms with Gasteiger partial charge in [0.1, 0.15) is 17.2 Å². The first-order valence-electron chi connectivity index (χ1n) is 12.3. The number of anilines is 5. The lowest BCUT2D eigenvalue weighted by Crippen LogP contribution is -2.50. The Kier molecular flexibility index (Phi) is 5.94. The van der Waals surface area contributed by atoms with E-state index in [-0.39, 0.29) is 23.5 Å². The van der Waals surface area contributed by atoms with E-state index in [4.69, 9.17) is 4.42 Å². The average molecular weight is 527 g/mol. The normalized spacial score (nSPS) is 18.1. The molecule has 6 rings (SSSR count). The molecule has 10 nitrogen and oxygen atoms in total. The molecule has 1 atom stereocenters. The molecule has 0 unspecified atom stereocenters. The van der Waals surface area contributed by atoms with Gasteiger partial charge in [-0.05, 0) is 50.6 Å². The molecule has 38 heavy (non-hydrogen) atoms. The number of aryl methyl sites for hydroxylation is 1. The summed E-state index contributed by atoms with van der Waals surface area (Å²) in [5.41, 5.74) is 1.63. The van der Waals surface area contributed by atoms with Crippen LogP contribution in [-0.4, -0.2) is 57.1 Å². The highest BCUT2D eigenvalue weighted by molar-refractivity contribution is 5.78. The Morgan fingerprint density at radius 2 is 1.95 bits per heavy atom. The van der Waals surface area contributed by atoms with E-state index in [9.17, 15) is 18.0 Å². The van der Waals surface area contributed by atoms with E-state index in [0.717, 1.165) is 32.0 Å². The lowest BCUT2D eigenvalue weighted by atomic mass is 10.1. The first kappa shape index (κ1) is 24.2. The number of nitrogens with one attached hydrogen (secondary N) is 3. The Morgan fingerprint density at radius 1 is 1.08 bits per heavy atom. The van der Waals surface area contributed by atoms with E-state index >= 15 is 0 Å². The molecule has 0 spiro atoms. The molecule has 198 valence electrons. The van der Waals surface area contributed by atoms with Crippen molar-refractivity contribution in [2.75, 3.05) is 41.7 Å². The summed E-state index contributed by atoms with van der Waals surface area (Å²) in [5, 5.41) is 6.00. The fraction of sp³-hybridized carbons (Fsp3) is 0.360. The van der Waals surface area contributed by atoms with Gasteiger partial charge in [-0.1, -0.05) is 0 Å². The van der Waals surface area contributed by atoms with Crippen molar-refractivity contribution in [1.82, 2.24) is 24.8 Å². The lowest BCUT2D eigenvalue weighted by molar-refractivity contribution is -0.137. The number of benzene rings is 1. The second-order valence-corrected chi connectivity index (χ2v) is 9.57. The van der Waals surface area contributed by atoms with Crippen molar-refractivity contribution >= 4 is 40.1 Å². The fourth-order valence-electron chi connectivity index (χ4n) is 5.09. The summed E-state index contributed by atoms with van der Waals surface area (Å²) in [6.45, 7) is 4.59. The highest BCUT2D eigenvalue weighted by Crippen LogP contribution is 2.38. The van der Waals surface area contributed by atoms with Crippen LogP contribution in [0.5, 0.6) is 0 Å². The van der Waals surface area contributed by atoms with Crippen LogP contribution in [0.3, 0.4) is 0 Å². The van der Waals surface area contributed by atoms with Crippen molar-refractivity contribution in [3.63, 3.8) is 0 Å². The van der Waals surface area contributed by atoms with E-state index in [0.29, 0.717) is 41.3 Å². The monoisotopic (exact) mass is 526 g/mol. The van der Waals surface area contributed by atoms with Gasteiger partial charge in [-0.2, -0.15) is 18.2 Å². The summed E-state index contributed by atoms with van der Waals surface area (Å²) >= 11 is 0. The van der Waals surface area contributed by atoms with E-state index < -0.39 is 17.5 Å². The number of oxazole rings is 1. The van der Waals surface area contributed by atoms with Crippen LogP contribution in [0.1, 0.15) is 24.0 Å². The summed E-state index contributed by atoms with van der Waals surface area (Å²) in [5.74, 6) is -0.0455. The van der Waals surface area contributed by atoms with Crippen LogP contribution >= 0.6 is 0 Å². The number of hydrogen-bond acceptors (Lipinski definition) is 9. The maximum atomic E-state index is 14.1. The maximum absolute atomic E-state index is 14.1. The summed E-state index contributed by atoms with van der Waals surface area (Å²) in [7, 11) is 0. The van der Waals surface area contributed by atoms with Crippen molar-refractivity contribution in [3.8, 4) is 0 Å². The Morgan fingerprint density at radius 3 is 2.79 bits per heavy atom. The molecule has 0 saturated carbocycles. The summed E-state index contributed by atoms with van der Waals surface area (Å²) in [4.78, 5) is 31.0. The number of halogens is 3. The number of hydrogen-bond donors (Lipinski definition) is 3. The van der Waals surface area contributed by atoms with Gasteiger partial charge in [-0.3, -0.25) is 9.88 Å². The third-order valence-electron chi connectivity index (χ3n) is 6.97. The van der Waals surface area contributed by atoms with Crippen LogP contribution in [0.25, 0.3) is 11.1 Å². The van der Waals surface area contributed by atoms with E-state index in [1.54, 1.807) is 36.2 Å². The molecule has 0 aliphatic carbocycles. The third-order valence-corrected chi connectivity index (χ3v) is 6.97. The first-order chi connectivity index (χ1) is 18.2. The van der Waals surface area contributed by atoms with E-state index in [1.165, 1.54) is 6.20 Å². The van der Waals surface area contributed by atoms with Gasteiger partial charge in [0.05, 0.1) is 17.4 Å². The van der Waals surface area contributed by atoms with Crippen LogP contribution in [0, 0.1) is 6.92 Å².